The van der Waals surface area contributed by atoms with Gasteiger partial charge in [0.2, 0.25) is 0 Å². The van der Waals surface area contributed by atoms with Gasteiger partial charge < -0.3 is 16.0 Å². The third-order valence-electron chi connectivity index (χ3n) is 4.71. The second-order valence-corrected chi connectivity index (χ2v) is 7.95. The van der Waals surface area contributed by atoms with E-state index >= 15 is 0 Å². The number of rotatable bonds is 6. The molecule has 26 heavy (non-hydrogen) atoms. The molecule has 3 N–H and O–H groups in total. The minimum atomic E-state index is 0.466. The van der Waals surface area contributed by atoms with Gasteiger partial charge in [-0.15, -0.1) is 0 Å². The summed E-state index contributed by atoms with van der Waals surface area (Å²) in [5, 5.41) is 4.15. The van der Waals surface area contributed by atoms with Crippen LogP contribution in [-0.2, 0) is 5.75 Å². The predicted molar refractivity (Wildman–Crippen MR) is 110 cm³/mol. The molecule has 1 aliphatic heterocycles. The van der Waals surface area contributed by atoms with Crippen LogP contribution in [0, 0.1) is 6.92 Å². The molecule has 0 spiro atoms. The van der Waals surface area contributed by atoms with Gasteiger partial charge >= 0.3 is 0 Å². The quantitative estimate of drug-likeness (QED) is 0.596. The molecule has 1 atom stereocenters. The van der Waals surface area contributed by atoms with E-state index in [1.165, 1.54) is 11.1 Å². The highest BCUT2D eigenvalue weighted by atomic mass is 32.2. The van der Waals surface area contributed by atoms with Crippen LogP contribution in [0.2, 0.25) is 0 Å². The Labute approximate surface area is 160 Å². The fourth-order valence-electron chi connectivity index (χ4n) is 2.97. The fourth-order valence-corrected chi connectivity index (χ4v) is 3.80. The summed E-state index contributed by atoms with van der Waals surface area (Å²) in [5.41, 5.74) is 8.51. The number of piperazine rings is 1. The van der Waals surface area contributed by atoms with Gasteiger partial charge in [-0.25, -0.2) is 9.97 Å². The van der Waals surface area contributed by atoms with Crippen molar-refractivity contribution in [2.75, 3.05) is 51.3 Å². The van der Waals surface area contributed by atoms with Crippen molar-refractivity contribution in [2.24, 2.45) is 0 Å². The first kappa shape index (κ1) is 18.9. The molecular formula is C19H28N6S. The smallest absolute Gasteiger partial charge is 0.191 e. The molecule has 1 fully saturated rings. The van der Waals surface area contributed by atoms with Crippen molar-refractivity contribution < 1.29 is 0 Å². The van der Waals surface area contributed by atoms with E-state index in [1.807, 2.05) is 6.07 Å². The first-order valence-electron chi connectivity index (χ1n) is 8.95. The highest BCUT2D eigenvalue weighted by molar-refractivity contribution is 7.98. The lowest BCUT2D eigenvalue weighted by Gasteiger charge is -2.37. The van der Waals surface area contributed by atoms with E-state index in [4.69, 9.17) is 5.73 Å². The van der Waals surface area contributed by atoms with Gasteiger partial charge in [-0.1, -0.05) is 41.6 Å². The summed E-state index contributed by atoms with van der Waals surface area (Å²) in [7, 11) is 4.35. The van der Waals surface area contributed by atoms with E-state index < -0.39 is 0 Å². The van der Waals surface area contributed by atoms with E-state index in [0.717, 1.165) is 37.7 Å². The molecule has 0 bridgehead atoms. The van der Waals surface area contributed by atoms with Gasteiger partial charge in [0, 0.05) is 44.0 Å². The number of hydrogen-bond acceptors (Lipinski definition) is 7. The maximum atomic E-state index is 5.98. The largest absolute Gasteiger partial charge is 0.383 e. The molecule has 0 amide bonds. The van der Waals surface area contributed by atoms with Crippen molar-refractivity contribution >= 4 is 23.4 Å². The number of benzene rings is 1. The van der Waals surface area contributed by atoms with Gasteiger partial charge in [-0.3, -0.25) is 4.90 Å². The maximum absolute atomic E-state index is 5.98. The Bertz CT molecular complexity index is 720. The lowest BCUT2D eigenvalue weighted by molar-refractivity contribution is 0.122. The van der Waals surface area contributed by atoms with Crippen LogP contribution in [-0.4, -0.2) is 66.1 Å². The molecule has 6 nitrogen and oxygen atoms in total. The molecule has 1 aromatic carbocycles. The number of likely N-dealkylation sites (N-methyl/N-ethyl adjacent to an activating group) is 2. The number of hydrogen-bond donors (Lipinski definition) is 2. The topological polar surface area (TPSA) is 70.3 Å². The lowest BCUT2D eigenvalue weighted by atomic mass is 10.2. The summed E-state index contributed by atoms with van der Waals surface area (Å²) < 4.78 is 0. The van der Waals surface area contributed by atoms with E-state index in [2.05, 4.69) is 70.4 Å². The number of thioether (sulfide) groups is 1. The molecule has 0 saturated carbocycles. The third-order valence-corrected chi connectivity index (χ3v) is 5.63. The molecular weight excluding hydrogens is 344 g/mol. The van der Waals surface area contributed by atoms with Crippen LogP contribution in [0.5, 0.6) is 0 Å². The Morgan fingerprint density at radius 2 is 1.96 bits per heavy atom. The summed E-state index contributed by atoms with van der Waals surface area (Å²) in [6, 6.07) is 10.8. The van der Waals surface area contributed by atoms with Gasteiger partial charge in [0.25, 0.3) is 0 Å². The highest BCUT2D eigenvalue weighted by Crippen LogP contribution is 2.22. The lowest BCUT2D eigenvalue weighted by Crippen LogP contribution is -2.52. The SMILES string of the molecule is Cc1ccc(CSc2nc(N)cc(NCC3CN(C)CCN3C)n2)cc1. The van der Waals surface area contributed by atoms with Crippen molar-refractivity contribution in [3.63, 3.8) is 0 Å². The number of nitrogens with one attached hydrogen (secondary N) is 1. The van der Waals surface area contributed by atoms with E-state index in [1.54, 1.807) is 11.8 Å². The third kappa shape index (κ3) is 5.33. The van der Waals surface area contributed by atoms with Gasteiger partial charge in [-0.05, 0) is 26.6 Å². The molecule has 1 saturated heterocycles. The van der Waals surface area contributed by atoms with E-state index in [-0.39, 0.29) is 0 Å². The Hall–Kier alpha value is -1.83. The first-order valence-corrected chi connectivity index (χ1v) is 9.94. The molecule has 1 aromatic heterocycles. The van der Waals surface area contributed by atoms with Gasteiger partial charge in [0.15, 0.2) is 5.16 Å². The average molecular weight is 373 g/mol. The summed E-state index contributed by atoms with van der Waals surface area (Å²) in [6.07, 6.45) is 0. The van der Waals surface area contributed by atoms with Gasteiger partial charge in [-0.2, -0.15) is 0 Å². The van der Waals surface area contributed by atoms with Crippen molar-refractivity contribution in [2.45, 2.75) is 23.9 Å². The number of aryl methyl sites for hydroxylation is 1. The summed E-state index contributed by atoms with van der Waals surface area (Å²) in [6.45, 7) is 6.20. The molecule has 140 valence electrons. The van der Waals surface area contributed by atoms with Crippen LogP contribution in [0.25, 0.3) is 0 Å². The van der Waals surface area contributed by atoms with Crippen LogP contribution in [0.1, 0.15) is 11.1 Å². The standard InChI is InChI=1S/C19H28N6S/c1-14-4-6-15(7-5-14)13-26-19-22-17(20)10-18(23-19)21-11-16-12-24(2)8-9-25(16)3/h4-7,10,16H,8-9,11-13H2,1-3H3,(H3,20,21,22,23). The molecule has 0 aliphatic carbocycles. The van der Waals surface area contributed by atoms with Crippen LogP contribution < -0.4 is 11.1 Å². The van der Waals surface area contributed by atoms with Crippen LogP contribution in [0.4, 0.5) is 11.6 Å². The number of nitrogens with two attached hydrogens (primary N) is 1. The maximum Gasteiger partial charge on any atom is 0.191 e. The summed E-state index contributed by atoms with van der Waals surface area (Å²) >= 11 is 1.61. The zero-order valence-corrected chi connectivity index (χ0v) is 16.6. The molecule has 0 radical (unpaired) electrons. The molecule has 1 aliphatic rings. The number of nitrogens with zero attached hydrogens (tertiary/aromatic N) is 4. The van der Waals surface area contributed by atoms with Crippen LogP contribution in [0.15, 0.2) is 35.5 Å². The average Bonchev–Trinajstić information content (AvgIpc) is 2.62. The predicted octanol–water partition coefficient (Wildman–Crippen LogP) is 2.32. The number of nitrogen functional groups attached to an aromatic ring is 1. The monoisotopic (exact) mass is 372 g/mol. The number of anilines is 2. The zero-order valence-electron chi connectivity index (χ0n) is 15.8. The van der Waals surface area contributed by atoms with Crippen LogP contribution >= 0.6 is 11.8 Å². The minimum absolute atomic E-state index is 0.466. The first-order chi connectivity index (χ1) is 12.5. The summed E-state index contributed by atoms with van der Waals surface area (Å²) in [4.78, 5) is 13.7. The van der Waals surface area contributed by atoms with Gasteiger partial charge in [0.05, 0.1) is 0 Å². The normalized spacial score (nSPS) is 18.8. The van der Waals surface area contributed by atoms with E-state index in [0.29, 0.717) is 17.0 Å². The van der Waals surface area contributed by atoms with Crippen molar-refractivity contribution in [3.05, 3.63) is 41.5 Å². The Morgan fingerprint density at radius 1 is 1.19 bits per heavy atom. The number of aromatic nitrogens is 2. The highest BCUT2D eigenvalue weighted by Gasteiger charge is 2.21. The molecule has 3 rings (SSSR count). The zero-order chi connectivity index (χ0) is 18.5. The molecule has 2 aromatic rings. The Balaban J connectivity index is 1.59. The fraction of sp³-hybridized carbons (Fsp3) is 0.474. The second-order valence-electron chi connectivity index (χ2n) is 7.01. The van der Waals surface area contributed by atoms with Crippen molar-refractivity contribution in [1.29, 1.82) is 0 Å². The minimum Gasteiger partial charge on any atom is -0.383 e. The van der Waals surface area contributed by atoms with Crippen LogP contribution in [0.3, 0.4) is 0 Å². The molecule has 1 unspecified atom stereocenters. The molecule has 2 heterocycles. The molecule has 7 heteroatoms. The Morgan fingerprint density at radius 3 is 2.73 bits per heavy atom. The van der Waals surface area contributed by atoms with Gasteiger partial charge in [0.1, 0.15) is 11.6 Å². The summed E-state index contributed by atoms with van der Waals surface area (Å²) in [5.74, 6) is 2.13. The second kappa shape index (κ2) is 8.70. The van der Waals surface area contributed by atoms with Crippen molar-refractivity contribution in [3.8, 4) is 0 Å². The van der Waals surface area contributed by atoms with E-state index in [9.17, 15) is 0 Å². The van der Waals surface area contributed by atoms with Crippen molar-refractivity contribution in [1.82, 2.24) is 19.8 Å². The Kier molecular flexibility index (Phi) is 6.34.